The molecule has 0 radical (unpaired) electrons. The first-order valence-corrected chi connectivity index (χ1v) is 11.4. The first kappa shape index (κ1) is 20.4. The van der Waals surface area contributed by atoms with E-state index in [0.717, 1.165) is 41.5 Å². The number of carbonyl (C=O) groups is 1. The molecule has 2 fully saturated rings. The van der Waals surface area contributed by atoms with Gasteiger partial charge in [0.2, 0.25) is 0 Å². The van der Waals surface area contributed by atoms with Crippen LogP contribution < -0.4 is 0 Å². The highest BCUT2D eigenvalue weighted by Gasteiger charge is 2.36. The van der Waals surface area contributed by atoms with Gasteiger partial charge in [0.05, 0.1) is 12.7 Å². The van der Waals surface area contributed by atoms with Crippen LogP contribution in [0.3, 0.4) is 0 Å². The van der Waals surface area contributed by atoms with E-state index in [2.05, 4.69) is 6.92 Å². The summed E-state index contributed by atoms with van der Waals surface area (Å²) in [5.41, 5.74) is 1.34. The molecule has 3 heteroatoms. The van der Waals surface area contributed by atoms with Crippen molar-refractivity contribution in [2.45, 2.75) is 70.6 Å². The molecule has 0 spiro atoms. The Hall–Kier alpha value is -1.90. The number of esters is 1. The third-order valence-corrected chi connectivity index (χ3v) is 7.53. The van der Waals surface area contributed by atoms with Gasteiger partial charge in [-0.05, 0) is 78.9 Å². The summed E-state index contributed by atoms with van der Waals surface area (Å²) in [6.07, 6.45) is 11.6. The molecular weight excluding hydrogens is 363 g/mol. The molecule has 0 aromatic heterocycles. The molecule has 156 valence electrons. The zero-order valence-corrected chi connectivity index (χ0v) is 17.8. The van der Waals surface area contributed by atoms with Crippen molar-refractivity contribution in [3.05, 3.63) is 47.3 Å². The van der Waals surface area contributed by atoms with E-state index in [4.69, 9.17) is 4.74 Å². The molecule has 0 aliphatic heterocycles. The van der Waals surface area contributed by atoms with Crippen molar-refractivity contribution in [1.29, 1.82) is 0 Å². The average Bonchev–Trinajstić information content (AvgIpc) is 2.76. The zero-order valence-electron chi connectivity index (χ0n) is 17.8. The van der Waals surface area contributed by atoms with Gasteiger partial charge in [-0.25, -0.2) is 9.18 Å². The van der Waals surface area contributed by atoms with E-state index in [9.17, 15) is 4.79 Å². The monoisotopic (exact) mass is 396 g/mol. The number of hydrogen-bond donors (Lipinski definition) is 0. The van der Waals surface area contributed by atoms with Crippen LogP contribution in [0, 0.1) is 23.6 Å². The molecule has 29 heavy (non-hydrogen) atoms. The quantitative estimate of drug-likeness (QED) is 0.497. The molecule has 4 atom stereocenters. The third kappa shape index (κ3) is 4.20. The Labute approximate surface area is 173 Å². The van der Waals surface area contributed by atoms with Gasteiger partial charge in [0.25, 0.3) is 0 Å². The molecule has 2 aromatic rings. The van der Waals surface area contributed by atoms with Crippen LogP contribution in [0.15, 0.2) is 30.3 Å². The highest BCUT2D eigenvalue weighted by molar-refractivity contribution is 5.95. The number of hydrogen-bond acceptors (Lipinski definition) is 2. The standard InChI is InChI=1S/C26H33FO2/c1-3-4-5-17-6-7-19-15-20(9-8-18(19)14-17)23-12-10-21-16-22(26(28)29-2)11-13-24(21)25(23)27/h10-13,16-20H,3-9,14-15H2,1-2H3. The van der Waals surface area contributed by atoms with Gasteiger partial charge in [-0.2, -0.15) is 0 Å². The van der Waals surface area contributed by atoms with Crippen molar-refractivity contribution >= 4 is 16.7 Å². The van der Waals surface area contributed by atoms with Gasteiger partial charge in [-0.15, -0.1) is 0 Å². The van der Waals surface area contributed by atoms with Crippen LogP contribution in [0.25, 0.3) is 10.8 Å². The Morgan fingerprint density at radius 1 is 1.07 bits per heavy atom. The summed E-state index contributed by atoms with van der Waals surface area (Å²) < 4.78 is 20.2. The summed E-state index contributed by atoms with van der Waals surface area (Å²) in [7, 11) is 1.36. The summed E-state index contributed by atoms with van der Waals surface area (Å²) in [5, 5.41) is 1.37. The topological polar surface area (TPSA) is 26.3 Å². The molecule has 2 saturated carbocycles. The van der Waals surface area contributed by atoms with E-state index in [1.54, 1.807) is 18.2 Å². The number of methoxy groups -OCH3 is 1. The first-order valence-electron chi connectivity index (χ1n) is 11.4. The second-order valence-electron chi connectivity index (χ2n) is 9.25. The van der Waals surface area contributed by atoms with E-state index in [-0.39, 0.29) is 11.8 Å². The molecule has 2 nitrogen and oxygen atoms in total. The fourth-order valence-corrected chi connectivity index (χ4v) is 5.89. The SMILES string of the molecule is CCCCC1CCC2CC(c3ccc4cc(C(=O)OC)ccc4c3F)CCC2C1. The van der Waals surface area contributed by atoms with Crippen LogP contribution in [0.1, 0.15) is 86.6 Å². The molecule has 2 aliphatic carbocycles. The summed E-state index contributed by atoms with van der Waals surface area (Å²) >= 11 is 0. The number of fused-ring (bicyclic) bond motifs is 2. The first-order chi connectivity index (χ1) is 14.1. The van der Waals surface area contributed by atoms with Crippen LogP contribution in [-0.4, -0.2) is 13.1 Å². The molecule has 2 aliphatic rings. The summed E-state index contributed by atoms with van der Waals surface area (Å²) in [6, 6.07) is 9.04. The van der Waals surface area contributed by atoms with Gasteiger partial charge in [-0.3, -0.25) is 0 Å². The van der Waals surface area contributed by atoms with E-state index < -0.39 is 0 Å². The molecular formula is C26H33FO2. The normalized spacial score (nSPS) is 26.9. The maximum absolute atomic E-state index is 15.4. The molecule has 4 rings (SSSR count). The Balaban J connectivity index is 1.49. The number of ether oxygens (including phenoxy) is 1. The second-order valence-corrected chi connectivity index (χ2v) is 9.25. The number of unbranched alkanes of at least 4 members (excludes halogenated alkanes) is 1. The Morgan fingerprint density at radius 3 is 2.66 bits per heavy atom. The fourth-order valence-electron chi connectivity index (χ4n) is 5.89. The molecule has 0 heterocycles. The predicted octanol–water partition coefficient (Wildman–Crippen LogP) is 7.26. The van der Waals surface area contributed by atoms with Crippen LogP contribution >= 0.6 is 0 Å². The lowest BCUT2D eigenvalue weighted by molar-refractivity contribution is 0.0601. The van der Waals surface area contributed by atoms with E-state index in [1.165, 1.54) is 52.1 Å². The van der Waals surface area contributed by atoms with Crippen molar-refractivity contribution in [1.82, 2.24) is 0 Å². The largest absolute Gasteiger partial charge is 0.465 e. The third-order valence-electron chi connectivity index (χ3n) is 7.53. The average molecular weight is 397 g/mol. The van der Waals surface area contributed by atoms with Crippen molar-refractivity contribution < 1.29 is 13.9 Å². The Morgan fingerprint density at radius 2 is 1.86 bits per heavy atom. The molecule has 2 aromatic carbocycles. The van der Waals surface area contributed by atoms with Gasteiger partial charge < -0.3 is 4.74 Å². The lowest BCUT2D eigenvalue weighted by atomic mass is 9.63. The molecule has 4 unspecified atom stereocenters. The molecule has 0 N–H and O–H groups in total. The predicted molar refractivity (Wildman–Crippen MR) is 116 cm³/mol. The Bertz CT molecular complexity index is 874. The smallest absolute Gasteiger partial charge is 0.337 e. The summed E-state index contributed by atoms with van der Waals surface area (Å²) in [4.78, 5) is 11.8. The van der Waals surface area contributed by atoms with Gasteiger partial charge in [-0.1, -0.05) is 50.8 Å². The van der Waals surface area contributed by atoms with Gasteiger partial charge >= 0.3 is 5.97 Å². The zero-order chi connectivity index (χ0) is 20.4. The van der Waals surface area contributed by atoms with Crippen LogP contribution in [-0.2, 0) is 4.74 Å². The summed E-state index contributed by atoms with van der Waals surface area (Å²) in [5.74, 6) is 2.39. The van der Waals surface area contributed by atoms with Gasteiger partial charge in [0, 0.05) is 5.39 Å². The van der Waals surface area contributed by atoms with Crippen molar-refractivity contribution in [3.8, 4) is 0 Å². The minimum Gasteiger partial charge on any atom is -0.465 e. The maximum Gasteiger partial charge on any atom is 0.337 e. The van der Waals surface area contributed by atoms with E-state index in [0.29, 0.717) is 16.9 Å². The van der Waals surface area contributed by atoms with Crippen LogP contribution in [0.4, 0.5) is 4.39 Å². The van der Waals surface area contributed by atoms with E-state index >= 15 is 4.39 Å². The van der Waals surface area contributed by atoms with E-state index in [1.807, 2.05) is 12.1 Å². The molecule has 0 bridgehead atoms. The number of rotatable bonds is 5. The van der Waals surface area contributed by atoms with Crippen molar-refractivity contribution in [2.24, 2.45) is 17.8 Å². The summed E-state index contributed by atoms with van der Waals surface area (Å²) in [6.45, 7) is 2.28. The highest BCUT2D eigenvalue weighted by atomic mass is 19.1. The van der Waals surface area contributed by atoms with Gasteiger partial charge in [0.15, 0.2) is 0 Å². The number of halogens is 1. The fraction of sp³-hybridized carbons (Fsp3) is 0.577. The second kappa shape index (κ2) is 8.85. The van der Waals surface area contributed by atoms with Crippen LogP contribution in [0.5, 0.6) is 0 Å². The Kier molecular flexibility index (Phi) is 6.22. The van der Waals surface area contributed by atoms with Crippen molar-refractivity contribution in [2.75, 3.05) is 7.11 Å². The minimum atomic E-state index is -0.385. The maximum atomic E-state index is 15.4. The highest BCUT2D eigenvalue weighted by Crippen LogP contribution is 2.49. The molecule has 0 saturated heterocycles. The lowest BCUT2D eigenvalue weighted by Crippen LogP contribution is -2.30. The minimum absolute atomic E-state index is 0.0982. The molecule has 0 amide bonds. The van der Waals surface area contributed by atoms with Gasteiger partial charge in [0.1, 0.15) is 5.82 Å². The van der Waals surface area contributed by atoms with Crippen molar-refractivity contribution in [3.63, 3.8) is 0 Å². The van der Waals surface area contributed by atoms with Crippen LogP contribution in [0.2, 0.25) is 0 Å². The number of benzene rings is 2. The number of carbonyl (C=O) groups excluding carboxylic acids is 1. The lowest BCUT2D eigenvalue weighted by Gasteiger charge is -2.42.